The monoisotopic (exact) mass is 309 g/mol. The lowest BCUT2D eigenvalue weighted by atomic mass is 10.1. The van der Waals surface area contributed by atoms with Gasteiger partial charge in [-0.05, 0) is 48.7 Å². The van der Waals surface area contributed by atoms with Crippen LogP contribution in [0.5, 0.6) is 5.75 Å². The number of thiazole rings is 1. The zero-order valence-electron chi connectivity index (χ0n) is 13.1. The summed E-state index contributed by atoms with van der Waals surface area (Å²) in [7, 11) is 1.69. The van der Waals surface area contributed by atoms with E-state index in [1.165, 1.54) is 22.3 Å². The van der Waals surface area contributed by atoms with Crippen molar-refractivity contribution in [2.75, 3.05) is 7.11 Å². The maximum absolute atomic E-state index is 5.19. The predicted octanol–water partition coefficient (Wildman–Crippen LogP) is 5.03. The molecule has 2 nitrogen and oxygen atoms in total. The molecule has 0 saturated carbocycles. The minimum Gasteiger partial charge on any atom is -0.497 e. The second-order valence-electron chi connectivity index (χ2n) is 5.45. The van der Waals surface area contributed by atoms with Crippen molar-refractivity contribution in [2.45, 2.75) is 20.3 Å². The minimum atomic E-state index is 0.861. The van der Waals surface area contributed by atoms with Crippen molar-refractivity contribution in [3.8, 4) is 17.0 Å². The van der Waals surface area contributed by atoms with E-state index in [1.54, 1.807) is 18.4 Å². The molecule has 0 amide bonds. The number of methoxy groups -OCH3 is 1. The van der Waals surface area contributed by atoms with Crippen LogP contribution in [0.3, 0.4) is 0 Å². The average Bonchev–Trinajstić information content (AvgIpc) is 2.99. The molecule has 0 saturated heterocycles. The summed E-state index contributed by atoms with van der Waals surface area (Å²) >= 11 is 1.72. The van der Waals surface area contributed by atoms with Crippen LogP contribution in [0.15, 0.2) is 47.8 Å². The van der Waals surface area contributed by atoms with Gasteiger partial charge in [-0.25, -0.2) is 4.98 Å². The third-order valence-electron chi connectivity index (χ3n) is 3.87. The summed E-state index contributed by atoms with van der Waals surface area (Å²) in [4.78, 5) is 4.78. The van der Waals surface area contributed by atoms with E-state index in [0.717, 1.165) is 22.9 Å². The van der Waals surface area contributed by atoms with Crippen LogP contribution in [-0.2, 0) is 6.42 Å². The van der Waals surface area contributed by atoms with E-state index in [-0.39, 0.29) is 0 Å². The summed E-state index contributed by atoms with van der Waals surface area (Å²) < 4.78 is 5.19. The number of ether oxygens (including phenoxy) is 1. The van der Waals surface area contributed by atoms with Gasteiger partial charge in [0.1, 0.15) is 5.75 Å². The third kappa shape index (κ3) is 3.20. The number of benzene rings is 2. The van der Waals surface area contributed by atoms with Gasteiger partial charge in [-0.3, -0.25) is 0 Å². The van der Waals surface area contributed by atoms with Crippen LogP contribution in [-0.4, -0.2) is 12.1 Å². The lowest BCUT2D eigenvalue weighted by Gasteiger charge is -2.03. The summed E-state index contributed by atoms with van der Waals surface area (Å²) in [5.74, 6) is 0.888. The average molecular weight is 309 g/mol. The molecule has 1 heterocycles. The van der Waals surface area contributed by atoms with Gasteiger partial charge in [-0.1, -0.05) is 24.3 Å². The number of hydrogen-bond donors (Lipinski definition) is 0. The fraction of sp³-hybridized carbons (Fsp3) is 0.211. The smallest absolute Gasteiger partial charge is 0.118 e. The van der Waals surface area contributed by atoms with Crippen LogP contribution >= 0.6 is 11.3 Å². The van der Waals surface area contributed by atoms with Gasteiger partial charge in [-0.2, -0.15) is 0 Å². The van der Waals surface area contributed by atoms with E-state index >= 15 is 0 Å². The van der Waals surface area contributed by atoms with E-state index in [4.69, 9.17) is 9.72 Å². The summed E-state index contributed by atoms with van der Waals surface area (Å²) in [6.07, 6.45) is 0.861. The van der Waals surface area contributed by atoms with E-state index in [9.17, 15) is 0 Å². The Bertz CT molecular complexity index is 774. The summed E-state index contributed by atoms with van der Waals surface area (Å²) in [6, 6.07) is 14.7. The third-order valence-corrected chi connectivity index (χ3v) is 4.72. The zero-order valence-corrected chi connectivity index (χ0v) is 13.9. The molecule has 0 unspecified atom stereocenters. The molecule has 22 heavy (non-hydrogen) atoms. The van der Waals surface area contributed by atoms with Gasteiger partial charge in [0.15, 0.2) is 0 Å². The van der Waals surface area contributed by atoms with E-state index in [0.29, 0.717) is 0 Å². The number of aryl methyl sites for hydroxylation is 2. The van der Waals surface area contributed by atoms with Crippen LogP contribution < -0.4 is 4.74 Å². The molecular formula is C19H19NOS. The topological polar surface area (TPSA) is 22.1 Å². The number of rotatable bonds is 4. The highest BCUT2D eigenvalue weighted by Crippen LogP contribution is 2.25. The molecule has 3 rings (SSSR count). The first-order valence-electron chi connectivity index (χ1n) is 7.30. The molecule has 0 radical (unpaired) electrons. The normalized spacial score (nSPS) is 10.7. The van der Waals surface area contributed by atoms with Gasteiger partial charge < -0.3 is 4.74 Å². The Morgan fingerprint density at radius 3 is 2.45 bits per heavy atom. The molecule has 0 N–H and O–H groups in total. The minimum absolute atomic E-state index is 0.861. The second-order valence-corrected chi connectivity index (χ2v) is 6.39. The zero-order chi connectivity index (χ0) is 15.5. The molecule has 3 heteroatoms. The largest absolute Gasteiger partial charge is 0.497 e. The maximum Gasteiger partial charge on any atom is 0.118 e. The molecule has 3 aromatic rings. The highest BCUT2D eigenvalue weighted by Gasteiger charge is 2.06. The molecular weight excluding hydrogens is 290 g/mol. The summed E-state index contributed by atoms with van der Waals surface area (Å²) in [5.41, 5.74) is 6.14. The molecule has 1 aromatic heterocycles. The van der Waals surface area contributed by atoms with E-state index < -0.39 is 0 Å². The predicted molar refractivity (Wildman–Crippen MR) is 92.8 cm³/mol. The van der Waals surface area contributed by atoms with Crippen molar-refractivity contribution in [3.63, 3.8) is 0 Å². The van der Waals surface area contributed by atoms with Crippen LogP contribution in [0.4, 0.5) is 0 Å². The Labute approximate surface area is 135 Å². The molecule has 0 aliphatic heterocycles. The fourth-order valence-corrected chi connectivity index (χ4v) is 3.18. The second kappa shape index (κ2) is 6.32. The Kier molecular flexibility index (Phi) is 4.25. The molecule has 0 fully saturated rings. The summed E-state index contributed by atoms with van der Waals surface area (Å²) in [6.45, 7) is 4.28. The van der Waals surface area contributed by atoms with Gasteiger partial charge >= 0.3 is 0 Å². The standard InChI is InChI=1S/C19H19NOS/c1-13-4-7-16(10-14(13)2)18-12-22-19(20-18)11-15-5-8-17(21-3)9-6-15/h4-10,12H,11H2,1-3H3. The van der Waals surface area contributed by atoms with Crippen LogP contribution in [0.2, 0.25) is 0 Å². The highest BCUT2D eigenvalue weighted by atomic mass is 32.1. The Morgan fingerprint density at radius 2 is 1.77 bits per heavy atom. The molecule has 0 atom stereocenters. The first-order chi connectivity index (χ1) is 10.7. The maximum atomic E-state index is 5.19. The SMILES string of the molecule is COc1ccc(Cc2nc(-c3ccc(C)c(C)c3)cs2)cc1. The lowest BCUT2D eigenvalue weighted by Crippen LogP contribution is -1.89. The van der Waals surface area contributed by atoms with Crippen molar-refractivity contribution in [1.82, 2.24) is 4.98 Å². The fourth-order valence-electron chi connectivity index (χ4n) is 2.34. The molecule has 0 bridgehead atoms. The molecule has 0 spiro atoms. The van der Waals surface area contributed by atoms with Gasteiger partial charge in [0, 0.05) is 17.4 Å². The number of nitrogens with zero attached hydrogens (tertiary/aromatic N) is 1. The molecule has 0 aliphatic rings. The Balaban J connectivity index is 1.79. The van der Waals surface area contributed by atoms with Gasteiger partial charge in [0.2, 0.25) is 0 Å². The highest BCUT2D eigenvalue weighted by molar-refractivity contribution is 7.10. The first-order valence-corrected chi connectivity index (χ1v) is 8.18. The molecule has 0 aliphatic carbocycles. The first kappa shape index (κ1) is 14.8. The van der Waals surface area contributed by atoms with Crippen LogP contribution in [0, 0.1) is 13.8 Å². The molecule has 112 valence electrons. The van der Waals surface area contributed by atoms with Crippen molar-refractivity contribution in [1.29, 1.82) is 0 Å². The number of hydrogen-bond acceptors (Lipinski definition) is 3. The van der Waals surface area contributed by atoms with Crippen molar-refractivity contribution < 1.29 is 4.74 Å². The van der Waals surface area contributed by atoms with E-state index in [2.05, 4.69) is 49.6 Å². The van der Waals surface area contributed by atoms with Gasteiger partial charge in [0.05, 0.1) is 17.8 Å². The van der Waals surface area contributed by atoms with Crippen molar-refractivity contribution in [2.24, 2.45) is 0 Å². The quantitative estimate of drug-likeness (QED) is 0.674. The van der Waals surface area contributed by atoms with E-state index in [1.807, 2.05) is 12.1 Å². The van der Waals surface area contributed by atoms with Crippen LogP contribution in [0.25, 0.3) is 11.3 Å². The Hall–Kier alpha value is -2.13. The van der Waals surface area contributed by atoms with Crippen LogP contribution in [0.1, 0.15) is 21.7 Å². The van der Waals surface area contributed by atoms with Gasteiger partial charge in [-0.15, -0.1) is 11.3 Å². The van der Waals surface area contributed by atoms with Gasteiger partial charge in [0.25, 0.3) is 0 Å². The molecule has 2 aromatic carbocycles. The summed E-state index contributed by atoms with van der Waals surface area (Å²) in [5, 5.41) is 3.28. The van der Waals surface area contributed by atoms with Crippen molar-refractivity contribution >= 4 is 11.3 Å². The number of aromatic nitrogens is 1. The lowest BCUT2D eigenvalue weighted by molar-refractivity contribution is 0.414. The Morgan fingerprint density at radius 1 is 1.00 bits per heavy atom. The van der Waals surface area contributed by atoms with Crippen molar-refractivity contribution in [3.05, 3.63) is 69.5 Å².